The predicted octanol–water partition coefficient (Wildman–Crippen LogP) is 1.40. The second kappa shape index (κ2) is 47.5. The molecule has 8 nitrogen and oxygen atoms in total. The maximum Gasteiger partial charge on any atom is 0 e. The summed E-state index contributed by atoms with van der Waals surface area (Å²) in [4.78, 5) is 0. The van der Waals surface area contributed by atoms with Crippen molar-refractivity contribution in [3.63, 3.8) is 0 Å². The van der Waals surface area contributed by atoms with Gasteiger partial charge in [0.15, 0.2) is 0 Å². The standard InChI is InChI=1S/C14H22O2Si2.6CO.2Co/c1-17(2,3)11-9-13(15)7-8-14(16)10-12-18(4,5)6;6*1-2;;/h13-16H,1-6H3;;;;;;;;/t13-,14-;;;;;;;;/m0......../s1. The fourth-order valence-corrected chi connectivity index (χ4v) is 1.94. The molecule has 0 unspecified atom stereocenters. The van der Waals surface area contributed by atoms with E-state index in [1.807, 2.05) is 0 Å². The third-order valence-electron chi connectivity index (χ3n) is 1.52. The van der Waals surface area contributed by atoms with Gasteiger partial charge in [-0.3, -0.25) is 0 Å². The van der Waals surface area contributed by atoms with Crippen molar-refractivity contribution in [3.8, 4) is 22.9 Å². The summed E-state index contributed by atoms with van der Waals surface area (Å²) < 4.78 is 45.0. The molecule has 0 bridgehead atoms. The van der Waals surface area contributed by atoms with Crippen LogP contribution < -0.4 is 0 Å². The SMILES string of the molecule is C[Si](C)(C)C#C[C@@H](O)[C]=[C][C@H](O)C#C[Si](C)(C)C.[C-]#[O+].[C-]#[O+].[C-]#[O+].[C-]#[O+].[C-]#[O+].[C-]#[O+].[Co].[Co]. The summed E-state index contributed by atoms with van der Waals surface area (Å²) in [5.41, 5.74) is 6.05. The van der Waals surface area contributed by atoms with E-state index in [1.165, 1.54) is 0 Å². The Morgan fingerprint density at radius 3 is 0.781 bits per heavy atom. The van der Waals surface area contributed by atoms with E-state index in [0.29, 0.717) is 0 Å². The molecule has 2 N–H and O–H groups in total. The van der Waals surface area contributed by atoms with Crippen LogP contribution in [-0.4, -0.2) is 38.6 Å². The normalized spacial score (nSPS) is 9.00. The smallest absolute Gasteiger partial charge is 0 e. The Morgan fingerprint density at radius 2 is 0.656 bits per heavy atom. The van der Waals surface area contributed by atoms with Gasteiger partial charge in [-0.1, -0.05) is 51.1 Å². The topological polar surface area (TPSA) is 160 Å². The van der Waals surface area contributed by atoms with Crippen molar-refractivity contribution in [2.45, 2.75) is 51.5 Å². The summed E-state index contributed by atoms with van der Waals surface area (Å²) in [6.45, 7) is 39.6. The first-order valence-electron chi connectivity index (χ1n) is 7.15. The number of hydrogen-bond donors (Lipinski definition) is 2. The van der Waals surface area contributed by atoms with Gasteiger partial charge in [-0.2, -0.15) is 0 Å². The average Bonchev–Trinajstić information content (AvgIpc) is 2.77. The Labute approximate surface area is 213 Å². The van der Waals surface area contributed by atoms with E-state index in [9.17, 15) is 10.2 Å². The average molecular weight is 564 g/mol. The molecule has 0 spiro atoms. The minimum absolute atomic E-state index is 0. The molecule has 12 heteroatoms. The van der Waals surface area contributed by atoms with Crippen LogP contribution in [0, 0.1) is 75.0 Å². The van der Waals surface area contributed by atoms with Gasteiger partial charge in [-0.25, -0.2) is 0 Å². The minimum atomic E-state index is -1.49. The van der Waals surface area contributed by atoms with Gasteiger partial charge >= 0.3 is 67.8 Å². The predicted molar refractivity (Wildman–Crippen MR) is 104 cm³/mol. The molecule has 0 aliphatic heterocycles. The van der Waals surface area contributed by atoms with Crippen molar-refractivity contribution in [3.05, 3.63) is 52.1 Å². The first kappa shape index (κ1) is 57.5. The van der Waals surface area contributed by atoms with E-state index >= 15 is 0 Å². The molecule has 0 rings (SSSR count). The molecular formula is C20H22Co2O8Si2. The van der Waals surface area contributed by atoms with Gasteiger partial charge in [0.1, 0.15) is 28.4 Å². The molecule has 0 aliphatic rings. The van der Waals surface area contributed by atoms with E-state index in [-0.39, 0.29) is 33.6 Å². The minimum Gasteiger partial charge on any atom is 0 e. The number of aliphatic hydroxyl groups is 2. The van der Waals surface area contributed by atoms with E-state index in [2.05, 4.69) is 114 Å². The van der Waals surface area contributed by atoms with Crippen molar-refractivity contribution >= 4 is 16.1 Å². The van der Waals surface area contributed by atoms with Gasteiger partial charge in [0, 0.05) is 45.7 Å². The van der Waals surface area contributed by atoms with Crippen LogP contribution in [0.1, 0.15) is 0 Å². The summed E-state index contributed by atoms with van der Waals surface area (Å²) in [6, 6.07) is 0. The molecule has 0 saturated heterocycles. The zero-order valence-corrected chi connectivity index (χ0v) is 22.2. The zero-order chi connectivity index (χ0) is 26.4. The molecule has 0 aromatic carbocycles. The van der Waals surface area contributed by atoms with Crippen LogP contribution in [0.4, 0.5) is 0 Å². The molecule has 0 aliphatic carbocycles. The van der Waals surface area contributed by atoms with Gasteiger partial charge in [-0.15, -0.1) is 11.1 Å². The van der Waals surface area contributed by atoms with Crippen LogP contribution in [0.2, 0.25) is 39.3 Å². The van der Waals surface area contributed by atoms with Crippen LogP contribution in [0.3, 0.4) is 0 Å². The monoisotopic (exact) mass is 564 g/mol. The van der Waals surface area contributed by atoms with E-state index in [0.717, 1.165) is 0 Å². The molecule has 0 heterocycles. The fraction of sp³-hybridized carbons (Fsp3) is 0.400. The molecule has 4 radical (unpaired) electrons. The summed E-state index contributed by atoms with van der Waals surface area (Å²) in [7, 11) is -2.98. The second-order valence-corrected chi connectivity index (χ2v) is 15.6. The Hall–Kier alpha value is -1.33. The zero-order valence-electron chi connectivity index (χ0n) is 18.2. The third kappa shape index (κ3) is 89.4. The van der Waals surface area contributed by atoms with Gasteiger partial charge in [0.2, 0.25) is 0 Å². The molecule has 0 saturated carbocycles. The van der Waals surface area contributed by atoms with Gasteiger partial charge in [0.25, 0.3) is 0 Å². The van der Waals surface area contributed by atoms with Crippen molar-refractivity contribution in [1.82, 2.24) is 0 Å². The molecule has 0 aromatic rings. The largest absolute Gasteiger partial charge is 0 e. The summed E-state index contributed by atoms with van der Waals surface area (Å²) >= 11 is 0. The fourth-order valence-electron chi connectivity index (χ4n) is 0.800. The van der Waals surface area contributed by atoms with Crippen molar-refractivity contribution in [2.24, 2.45) is 0 Å². The molecule has 0 amide bonds. The van der Waals surface area contributed by atoms with Crippen LogP contribution in [0.25, 0.3) is 0 Å². The maximum absolute atomic E-state index is 9.51. The Bertz CT molecular complexity index is 573. The number of hydrogen-bond acceptors (Lipinski definition) is 2. The molecular weight excluding hydrogens is 542 g/mol. The molecule has 0 fully saturated rings. The second-order valence-electron chi connectivity index (χ2n) is 6.13. The summed E-state index contributed by atoms with van der Waals surface area (Å²) in [5.74, 6) is 5.39. The first-order valence-corrected chi connectivity index (χ1v) is 14.1. The van der Waals surface area contributed by atoms with Crippen LogP contribution in [-0.2, 0) is 61.5 Å². The van der Waals surface area contributed by atoms with Gasteiger partial charge in [0.05, 0.1) is 0 Å². The van der Waals surface area contributed by atoms with E-state index in [4.69, 9.17) is 27.9 Å². The first-order chi connectivity index (χ1) is 14.0. The van der Waals surface area contributed by atoms with Crippen molar-refractivity contribution in [2.75, 3.05) is 0 Å². The number of aliphatic hydroxyl groups excluding tert-OH is 2. The van der Waals surface area contributed by atoms with Crippen LogP contribution >= 0.6 is 0 Å². The van der Waals surface area contributed by atoms with E-state index < -0.39 is 28.4 Å². The van der Waals surface area contributed by atoms with Crippen LogP contribution in [0.5, 0.6) is 0 Å². The van der Waals surface area contributed by atoms with Crippen molar-refractivity contribution < 1.29 is 71.7 Å². The summed E-state index contributed by atoms with van der Waals surface area (Å²) in [6.07, 6.45) is 3.02. The van der Waals surface area contributed by atoms with E-state index in [1.54, 1.807) is 0 Å². The van der Waals surface area contributed by atoms with Gasteiger partial charge < -0.3 is 10.2 Å². The Morgan fingerprint density at radius 1 is 0.500 bits per heavy atom. The Balaban J connectivity index is -0.0000000465. The van der Waals surface area contributed by atoms with Gasteiger partial charge in [-0.05, 0) is 0 Å². The molecule has 0 aromatic heterocycles. The molecule has 176 valence electrons. The maximum atomic E-state index is 9.51. The molecule has 32 heavy (non-hydrogen) atoms. The quantitative estimate of drug-likeness (QED) is 0.225. The third-order valence-corrected chi connectivity index (χ3v) is 3.31. The summed E-state index contributed by atoms with van der Waals surface area (Å²) in [5, 5.41) is 19.0. The van der Waals surface area contributed by atoms with Crippen molar-refractivity contribution in [1.29, 1.82) is 0 Å². The Kier molecular flexibility index (Phi) is 85.3. The number of rotatable bonds is 2. The molecule has 2 atom stereocenters. The van der Waals surface area contributed by atoms with Crippen LogP contribution in [0.15, 0.2) is 0 Å².